The van der Waals surface area contributed by atoms with E-state index < -0.39 is 11.7 Å². The standard InChI is InChI=1S/C21H17F2N5O3/c1-11-2-5-16(27-17(11)12-9-25-19(24)26-10-12)28-18(29)20(6-7-20)13-3-4-14-15(8-13)31-21(22,23)30-14/h2-5,8-10H,6-7H2,1H3,(H2,24,25,26)(H,27,28,29). The van der Waals surface area contributed by atoms with Gasteiger partial charge < -0.3 is 20.5 Å². The summed E-state index contributed by atoms with van der Waals surface area (Å²) in [6.45, 7) is 1.88. The summed E-state index contributed by atoms with van der Waals surface area (Å²) in [4.78, 5) is 25.6. The Labute approximate surface area is 175 Å². The number of ether oxygens (including phenoxy) is 2. The molecule has 1 fully saturated rings. The maximum Gasteiger partial charge on any atom is 0.586 e. The van der Waals surface area contributed by atoms with E-state index in [1.165, 1.54) is 12.1 Å². The number of carbonyl (C=O) groups excluding carboxylic acids is 1. The van der Waals surface area contributed by atoms with Gasteiger partial charge in [0.15, 0.2) is 11.5 Å². The zero-order valence-electron chi connectivity index (χ0n) is 16.4. The summed E-state index contributed by atoms with van der Waals surface area (Å²) >= 11 is 0. The summed E-state index contributed by atoms with van der Waals surface area (Å²) in [5.41, 5.74) is 7.47. The summed E-state index contributed by atoms with van der Waals surface area (Å²) < 4.78 is 35.6. The summed E-state index contributed by atoms with van der Waals surface area (Å²) in [6, 6.07) is 7.96. The van der Waals surface area contributed by atoms with Gasteiger partial charge in [-0.25, -0.2) is 15.0 Å². The third-order valence-electron chi connectivity index (χ3n) is 5.42. The van der Waals surface area contributed by atoms with Gasteiger partial charge in [-0.3, -0.25) is 4.79 Å². The maximum atomic E-state index is 13.3. The van der Waals surface area contributed by atoms with E-state index in [1.807, 2.05) is 13.0 Å². The van der Waals surface area contributed by atoms with E-state index in [0.29, 0.717) is 35.5 Å². The van der Waals surface area contributed by atoms with E-state index in [0.717, 1.165) is 5.56 Å². The van der Waals surface area contributed by atoms with Crippen LogP contribution in [0.2, 0.25) is 0 Å². The summed E-state index contributed by atoms with van der Waals surface area (Å²) in [7, 11) is 0. The van der Waals surface area contributed by atoms with Gasteiger partial charge in [-0.2, -0.15) is 0 Å². The minimum atomic E-state index is -3.70. The van der Waals surface area contributed by atoms with E-state index in [1.54, 1.807) is 24.5 Å². The van der Waals surface area contributed by atoms with Crippen molar-refractivity contribution < 1.29 is 23.0 Å². The van der Waals surface area contributed by atoms with Gasteiger partial charge in [0.25, 0.3) is 0 Å². The predicted octanol–water partition coefficient (Wildman–Crippen LogP) is 3.42. The fraction of sp³-hybridized carbons (Fsp3) is 0.238. The second-order valence-corrected chi connectivity index (χ2v) is 7.56. The summed E-state index contributed by atoms with van der Waals surface area (Å²) in [5, 5.41) is 2.84. The van der Waals surface area contributed by atoms with Gasteiger partial charge in [0.1, 0.15) is 5.82 Å². The lowest BCUT2D eigenvalue weighted by Crippen LogP contribution is -2.28. The highest BCUT2D eigenvalue weighted by molar-refractivity contribution is 6.01. The third-order valence-corrected chi connectivity index (χ3v) is 5.42. The van der Waals surface area contributed by atoms with Crippen LogP contribution in [0.25, 0.3) is 11.3 Å². The normalized spacial score (nSPS) is 17.3. The number of hydrogen-bond acceptors (Lipinski definition) is 7. The minimum absolute atomic E-state index is 0.0551. The van der Waals surface area contributed by atoms with Crippen LogP contribution in [-0.2, 0) is 10.2 Å². The SMILES string of the molecule is Cc1ccc(NC(=O)C2(c3ccc4c(c3)OC(F)(F)O4)CC2)nc1-c1cnc(N)nc1. The highest BCUT2D eigenvalue weighted by atomic mass is 19.3. The number of fused-ring (bicyclic) bond motifs is 1. The highest BCUT2D eigenvalue weighted by Gasteiger charge is 2.53. The average molecular weight is 425 g/mol. The van der Waals surface area contributed by atoms with Crippen molar-refractivity contribution in [2.24, 2.45) is 0 Å². The van der Waals surface area contributed by atoms with Gasteiger partial charge in [0, 0.05) is 18.0 Å². The number of rotatable bonds is 4. The van der Waals surface area contributed by atoms with Gasteiger partial charge in [-0.05, 0) is 49.1 Å². The Hall–Kier alpha value is -3.82. The molecule has 0 bridgehead atoms. The van der Waals surface area contributed by atoms with Crippen molar-refractivity contribution in [1.82, 2.24) is 15.0 Å². The topological polar surface area (TPSA) is 112 Å². The molecule has 158 valence electrons. The Balaban J connectivity index is 1.40. The second-order valence-electron chi connectivity index (χ2n) is 7.56. The van der Waals surface area contributed by atoms with E-state index in [4.69, 9.17) is 5.73 Å². The molecule has 1 aliphatic carbocycles. The first-order chi connectivity index (χ1) is 14.8. The Kier molecular flexibility index (Phi) is 4.07. The fourth-order valence-electron chi connectivity index (χ4n) is 3.61. The van der Waals surface area contributed by atoms with Crippen LogP contribution < -0.4 is 20.5 Å². The predicted molar refractivity (Wildman–Crippen MR) is 107 cm³/mol. The lowest BCUT2D eigenvalue weighted by atomic mass is 9.94. The Morgan fingerprint density at radius 2 is 1.81 bits per heavy atom. The lowest BCUT2D eigenvalue weighted by molar-refractivity contribution is -0.286. The summed E-state index contributed by atoms with van der Waals surface area (Å²) in [5.74, 6) is 0.110. The van der Waals surface area contributed by atoms with Crippen molar-refractivity contribution in [3.63, 3.8) is 0 Å². The second kappa shape index (κ2) is 6.59. The number of nitrogens with zero attached hydrogens (tertiary/aromatic N) is 3. The molecule has 0 unspecified atom stereocenters. The van der Waals surface area contributed by atoms with Crippen molar-refractivity contribution in [2.75, 3.05) is 11.1 Å². The van der Waals surface area contributed by atoms with Crippen LogP contribution in [0, 0.1) is 6.92 Å². The number of benzene rings is 1. The largest absolute Gasteiger partial charge is 0.586 e. The van der Waals surface area contributed by atoms with Crippen LogP contribution in [0.15, 0.2) is 42.7 Å². The molecule has 2 aromatic heterocycles. The number of carbonyl (C=O) groups is 1. The van der Waals surface area contributed by atoms with Gasteiger partial charge >= 0.3 is 6.29 Å². The van der Waals surface area contributed by atoms with Crippen LogP contribution in [0.3, 0.4) is 0 Å². The molecule has 0 saturated heterocycles. The molecular formula is C21H17F2N5O3. The smallest absolute Gasteiger partial charge is 0.395 e. The molecule has 3 heterocycles. The Morgan fingerprint density at radius 3 is 2.52 bits per heavy atom. The first-order valence-electron chi connectivity index (χ1n) is 9.53. The number of amides is 1. The minimum Gasteiger partial charge on any atom is -0.395 e. The van der Waals surface area contributed by atoms with Crippen molar-refractivity contribution >= 4 is 17.7 Å². The number of halogens is 2. The lowest BCUT2D eigenvalue weighted by Gasteiger charge is -2.16. The first-order valence-corrected chi connectivity index (χ1v) is 9.53. The molecule has 1 aromatic carbocycles. The van der Waals surface area contributed by atoms with Crippen LogP contribution in [0.4, 0.5) is 20.5 Å². The van der Waals surface area contributed by atoms with Gasteiger partial charge in [0.2, 0.25) is 11.9 Å². The number of aryl methyl sites for hydroxylation is 1. The number of nitrogens with two attached hydrogens (primary N) is 1. The van der Waals surface area contributed by atoms with Crippen LogP contribution in [0.1, 0.15) is 24.0 Å². The molecule has 1 amide bonds. The molecule has 10 heteroatoms. The number of nitrogen functional groups attached to an aromatic ring is 1. The number of nitrogens with one attached hydrogen (secondary N) is 1. The van der Waals surface area contributed by atoms with Crippen molar-refractivity contribution in [3.8, 4) is 22.8 Å². The van der Waals surface area contributed by atoms with E-state index in [-0.39, 0.29) is 23.4 Å². The average Bonchev–Trinajstić information content (AvgIpc) is 3.47. The molecule has 8 nitrogen and oxygen atoms in total. The molecule has 0 atom stereocenters. The number of alkyl halides is 2. The Bertz CT molecular complexity index is 1200. The van der Waals surface area contributed by atoms with Crippen molar-refractivity contribution in [3.05, 3.63) is 53.9 Å². The molecule has 3 aromatic rings. The van der Waals surface area contributed by atoms with Gasteiger partial charge in [-0.1, -0.05) is 12.1 Å². The zero-order valence-corrected chi connectivity index (χ0v) is 16.4. The molecule has 2 aliphatic rings. The number of hydrogen-bond donors (Lipinski definition) is 2. The number of aromatic nitrogens is 3. The number of pyridine rings is 1. The molecule has 0 spiro atoms. The Morgan fingerprint density at radius 1 is 1.10 bits per heavy atom. The van der Waals surface area contributed by atoms with Crippen LogP contribution >= 0.6 is 0 Å². The molecule has 3 N–H and O–H groups in total. The zero-order chi connectivity index (χ0) is 21.8. The van der Waals surface area contributed by atoms with E-state index in [2.05, 4.69) is 29.7 Å². The van der Waals surface area contributed by atoms with Gasteiger partial charge in [-0.15, -0.1) is 8.78 Å². The van der Waals surface area contributed by atoms with Gasteiger partial charge in [0.05, 0.1) is 11.1 Å². The highest BCUT2D eigenvalue weighted by Crippen LogP contribution is 2.52. The molecule has 0 radical (unpaired) electrons. The van der Waals surface area contributed by atoms with Crippen LogP contribution in [0.5, 0.6) is 11.5 Å². The molecule has 5 rings (SSSR count). The monoisotopic (exact) mass is 425 g/mol. The third kappa shape index (κ3) is 3.39. The quantitative estimate of drug-likeness (QED) is 0.659. The molecular weight excluding hydrogens is 408 g/mol. The first kappa shape index (κ1) is 19.2. The van der Waals surface area contributed by atoms with Crippen LogP contribution in [-0.4, -0.2) is 27.2 Å². The molecule has 1 saturated carbocycles. The van der Waals surface area contributed by atoms with E-state index >= 15 is 0 Å². The molecule has 31 heavy (non-hydrogen) atoms. The summed E-state index contributed by atoms with van der Waals surface area (Å²) in [6.07, 6.45) is 0.592. The molecule has 1 aliphatic heterocycles. The van der Waals surface area contributed by atoms with E-state index in [9.17, 15) is 13.6 Å². The maximum absolute atomic E-state index is 13.3. The fourth-order valence-corrected chi connectivity index (χ4v) is 3.61. The number of anilines is 2. The van der Waals surface area contributed by atoms with Crippen molar-refractivity contribution in [2.45, 2.75) is 31.5 Å². The van der Waals surface area contributed by atoms with Crippen molar-refractivity contribution in [1.29, 1.82) is 0 Å².